The van der Waals surface area contributed by atoms with Crippen molar-refractivity contribution in [3.05, 3.63) is 47.0 Å². The summed E-state index contributed by atoms with van der Waals surface area (Å²) in [6.45, 7) is 6.92. The molecule has 0 atom stereocenters. The molecule has 0 aliphatic rings. The lowest BCUT2D eigenvalue weighted by Crippen LogP contribution is -2.17. The number of hydrogen-bond acceptors (Lipinski definition) is 4. The topological polar surface area (TPSA) is 42.7 Å². The van der Waals surface area contributed by atoms with Gasteiger partial charge in [0, 0.05) is 12.7 Å². The molecule has 3 rings (SSSR count). The third kappa shape index (κ3) is 3.14. The van der Waals surface area contributed by atoms with Gasteiger partial charge in [-0.1, -0.05) is 19.1 Å². The monoisotopic (exact) mass is 300 g/mol. The molecule has 0 fully saturated rings. The number of hydrogen-bond donors (Lipinski definition) is 1. The van der Waals surface area contributed by atoms with Crippen molar-refractivity contribution in [3.63, 3.8) is 0 Å². The number of thiazole rings is 1. The molecule has 2 aromatic heterocycles. The Balaban J connectivity index is 1.81. The molecule has 0 unspecified atom stereocenters. The van der Waals surface area contributed by atoms with Gasteiger partial charge >= 0.3 is 0 Å². The van der Waals surface area contributed by atoms with Crippen LogP contribution in [0.5, 0.6) is 0 Å². The molecular formula is C16H20N4S. The number of nitrogens with one attached hydrogen (secondary N) is 1. The van der Waals surface area contributed by atoms with Crippen molar-refractivity contribution in [1.29, 1.82) is 0 Å². The fourth-order valence-corrected chi connectivity index (χ4v) is 3.34. The van der Waals surface area contributed by atoms with E-state index in [1.165, 1.54) is 10.4 Å². The molecule has 1 aromatic carbocycles. The van der Waals surface area contributed by atoms with E-state index in [2.05, 4.69) is 46.9 Å². The number of para-hydroxylation sites is 1. The van der Waals surface area contributed by atoms with Crippen molar-refractivity contribution in [1.82, 2.24) is 19.9 Å². The number of aromatic nitrogens is 3. The second kappa shape index (κ2) is 6.37. The van der Waals surface area contributed by atoms with Crippen molar-refractivity contribution in [2.75, 3.05) is 6.54 Å². The Labute approximate surface area is 128 Å². The van der Waals surface area contributed by atoms with Crippen molar-refractivity contribution in [2.24, 2.45) is 0 Å². The van der Waals surface area contributed by atoms with Gasteiger partial charge in [-0.3, -0.25) is 0 Å². The minimum Gasteiger partial charge on any atom is -0.324 e. The van der Waals surface area contributed by atoms with Gasteiger partial charge in [0.1, 0.15) is 10.8 Å². The number of imidazole rings is 1. The Morgan fingerprint density at radius 2 is 2.14 bits per heavy atom. The molecule has 21 heavy (non-hydrogen) atoms. The van der Waals surface area contributed by atoms with Crippen LogP contribution in [-0.2, 0) is 13.1 Å². The lowest BCUT2D eigenvalue weighted by atomic mass is 10.3. The van der Waals surface area contributed by atoms with E-state index in [0.717, 1.165) is 42.4 Å². The summed E-state index contributed by atoms with van der Waals surface area (Å²) < 4.78 is 3.50. The van der Waals surface area contributed by atoms with Crippen LogP contribution in [0.4, 0.5) is 0 Å². The smallest absolute Gasteiger partial charge is 0.114 e. The zero-order chi connectivity index (χ0) is 14.7. The molecule has 110 valence electrons. The third-order valence-electron chi connectivity index (χ3n) is 3.50. The number of fused-ring (bicyclic) bond motifs is 1. The van der Waals surface area contributed by atoms with Gasteiger partial charge in [0.25, 0.3) is 0 Å². The van der Waals surface area contributed by atoms with Crippen LogP contribution < -0.4 is 5.32 Å². The summed E-state index contributed by atoms with van der Waals surface area (Å²) in [5.74, 6) is 1.04. The maximum Gasteiger partial charge on any atom is 0.114 e. The van der Waals surface area contributed by atoms with Gasteiger partial charge in [0.2, 0.25) is 0 Å². The van der Waals surface area contributed by atoms with Gasteiger partial charge in [-0.05, 0) is 32.0 Å². The highest BCUT2D eigenvalue weighted by Gasteiger charge is 2.10. The third-order valence-corrected chi connectivity index (χ3v) is 4.52. The largest absolute Gasteiger partial charge is 0.324 e. The predicted octanol–water partition coefficient (Wildman–Crippen LogP) is 3.35. The van der Waals surface area contributed by atoms with E-state index in [1.54, 1.807) is 11.3 Å². The van der Waals surface area contributed by atoms with Crippen molar-refractivity contribution < 1.29 is 0 Å². The molecule has 5 heteroatoms. The Kier molecular flexibility index (Phi) is 4.31. The van der Waals surface area contributed by atoms with Crippen molar-refractivity contribution in [2.45, 2.75) is 33.4 Å². The molecule has 0 aliphatic heterocycles. The molecule has 0 saturated heterocycles. The summed E-state index contributed by atoms with van der Waals surface area (Å²) in [6.07, 6.45) is 3.11. The first-order chi connectivity index (χ1) is 10.3. The molecular weight excluding hydrogens is 280 g/mol. The molecule has 0 bridgehead atoms. The van der Waals surface area contributed by atoms with Gasteiger partial charge < -0.3 is 9.88 Å². The molecule has 3 aromatic rings. The maximum atomic E-state index is 4.72. The van der Waals surface area contributed by atoms with Crippen molar-refractivity contribution >= 4 is 21.6 Å². The lowest BCUT2D eigenvalue weighted by molar-refractivity contribution is 0.623. The predicted molar refractivity (Wildman–Crippen MR) is 87.7 cm³/mol. The highest BCUT2D eigenvalue weighted by Crippen LogP contribution is 2.23. The number of rotatable bonds is 6. The average Bonchev–Trinajstić information content (AvgIpc) is 3.05. The van der Waals surface area contributed by atoms with Crippen LogP contribution in [0, 0.1) is 6.92 Å². The fourth-order valence-electron chi connectivity index (χ4n) is 2.39. The van der Waals surface area contributed by atoms with Gasteiger partial charge in [-0.15, -0.1) is 11.3 Å². The van der Waals surface area contributed by atoms with Gasteiger partial charge in [0.05, 0.1) is 22.5 Å². The van der Waals surface area contributed by atoms with Crippen LogP contribution >= 0.6 is 11.3 Å². The summed E-state index contributed by atoms with van der Waals surface area (Å²) in [4.78, 5) is 9.16. The van der Waals surface area contributed by atoms with Crippen LogP contribution in [0.25, 0.3) is 10.2 Å². The van der Waals surface area contributed by atoms with Gasteiger partial charge in [-0.2, -0.15) is 0 Å². The van der Waals surface area contributed by atoms with Crippen LogP contribution in [0.3, 0.4) is 0 Å². The van der Waals surface area contributed by atoms with Crippen LogP contribution in [0.1, 0.15) is 29.9 Å². The first kappa shape index (κ1) is 14.2. The summed E-state index contributed by atoms with van der Waals surface area (Å²) in [5, 5.41) is 4.57. The van der Waals surface area contributed by atoms with E-state index in [1.807, 2.05) is 12.3 Å². The van der Waals surface area contributed by atoms with E-state index in [0.29, 0.717) is 0 Å². The summed E-state index contributed by atoms with van der Waals surface area (Å²) >= 11 is 1.76. The normalized spacial score (nSPS) is 11.3. The quantitative estimate of drug-likeness (QED) is 0.710. The summed E-state index contributed by atoms with van der Waals surface area (Å²) in [5.41, 5.74) is 2.31. The average molecular weight is 300 g/mol. The van der Waals surface area contributed by atoms with Gasteiger partial charge in [-0.25, -0.2) is 9.97 Å². The second-order valence-electron chi connectivity index (χ2n) is 5.14. The molecule has 4 nitrogen and oxygen atoms in total. The van der Waals surface area contributed by atoms with Crippen LogP contribution in [0.2, 0.25) is 0 Å². The zero-order valence-corrected chi connectivity index (χ0v) is 13.3. The maximum absolute atomic E-state index is 4.72. The van der Waals surface area contributed by atoms with Gasteiger partial charge in [0.15, 0.2) is 0 Å². The first-order valence-electron chi connectivity index (χ1n) is 7.34. The molecule has 1 N–H and O–H groups in total. The highest BCUT2D eigenvalue weighted by atomic mass is 32.1. The minimum atomic E-state index is 0.800. The van der Waals surface area contributed by atoms with E-state index in [-0.39, 0.29) is 0 Å². The number of aryl methyl sites for hydroxylation is 1. The number of nitrogens with zero attached hydrogens (tertiary/aromatic N) is 3. The molecule has 0 amide bonds. The Morgan fingerprint density at radius 3 is 2.95 bits per heavy atom. The highest BCUT2D eigenvalue weighted by molar-refractivity contribution is 7.18. The molecule has 0 saturated carbocycles. The van der Waals surface area contributed by atoms with Crippen LogP contribution in [0.15, 0.2) is 30.5 Å². The zero-order valence-electron chi connectivity index (χ0n) is 12.5. The van der Waals surface area contributed by atoms with E-state index < -0.39 is 0 Å². The second-order valence-corrected chi connectivity index (χ2v) is 6.25. The molecule has 0 spiro atoms. The molecule has 0 aliphatic carbocycles. The van der Waals surface area contributed by atoms with Crippen molar-refractivity contribution in [3.8, 4) is 0 Å². The standard InChI is InChI=1S/C16H20N4S/c1-3-8-17-9-13-10-18-12(2)20(13)11-16-19-14-6-4-5-7-15(14)21-16/h4-7,10,17H,3,8-9,11H2,1-2H3. The van der Waals surface area contributed by atoms with E-state index >= 15 is 0 Å². The fraction of sp³-hybridized carbons (Fsp3) is 0.375. The molecule has 0 radical (unpaired) electrons. The van der Waals surface area contributed by atoms with E-state index in [9.17, 15) is 0 Å². The first-order valence-corrected chi connectivity index (χ1v) is 8.15. The lowest BCUT2D eigenvalue weighted by Gasteiger charge is -2.09. The minimum absolute atomic E-state index is 0.800. The SMILES string of the molecule is CCCNCc1cnc(C)n1Cc1nc2ccccc2s1. The van der Waals surface area contributed by atoms with E-state index in [4.69, 9.17) is 4.98 Å². The van der Waals surface area contributed by atoms with Crippen LogP contribution in [-0.4, -0.2) is 21.1 Å². The Morgan fingerprint density at radius 1 is 1.29 bits per heavy atom. The Hall–Kier alpha value is -1.72. The summed E-state index contributed by atoms with van der Waals surface area (Å²) in [7, 11) is 0. The summed E-state index contributed by atoms with van der Waals surface area (Å²) in [6, 6.07) is 8.29. The number of benzene rings is 1. The Bertz CT molecular complexity index is 696. The molecule has 2 heterocycles.